The second-order valence-electron chi connectivity index (χ2n) is 2.76. The Bertz CT molecular complexity index is 167. The van der Waals surface area contributed by atoms with Crippen molar-refractivity contribution in [2.45, 2.75) is 19.3 Å². The molecule has 1 fully saturated rings. The summed E-state index contributed by atoms with van der Waals surface area (Å²) in [7, 11) is 0. The summed E-state index contributed by atoms with van der Waals surface area (Å²) in [5.41, 5.74) is 1.46. The summed E-state index contributed by atoms with van der Waals surface area (Å²) in [6.07, 6.45) is 8.45. The second kappa shape index (κ2) is 1.98. The summed E-state index contributed by atoms with van der Waals surface area (Å²) in [5, 5.41) is 0. The zero-order valence-corrected chi connectivity index (χ0v) is 5.51. The van der Waals surface area contributed by atoms with E-state index in [0.717, 1.165) is 12.5 Å². The number of allylic oxidation sites excluding steroid dienone is 1. The normalized spacial score (nSPS) is 32.0. The number of hydrogen-bond donors (Lipinski definition) is 0. The quantitative estimate of drug-likeness (QED) is 0.433. The Kier molecular flexibility index (Phi) is 1.15. The molecule has 1 saturated carbocycles. The molecular formula is C8H11N. The number of fused-ring (bicyclic) bond motifs is 1. The third-order valence-electron chi connectivity index (χ3n) is 2.14. The van der Waals surface area contributed by atoms with Crippen molar-refractivity contribution in [3.05, 3.63) is 12.2 Å². The maximum atomic E-state index is 4.42. The minimum Gasteiger partial charge on any atom is -0.289 e. The molecule has 1 heteroatoms. The third-order valence-corrected chi connectivity index (χ3v) is 2.14. The highest BCUT2D eigenvalue weighted by Gasteiger charge is 2.20. The van der Waals surface area contributed by atoms with E-state index in [1.165, 1.54) is 25.0 Å². The average Bonchev–Trinajstić information content (AvgIpc) is 2.33. The first-order valence-corrected chi connectivity index (χ1v) is 3.67. The van der Waals surface area contributed by atoms with Crippen LogP contribution < -0.4 is 0 Å². The molecule has 1 aliphatic carbocycles. The van der Waals surface area contributed by atoms with Gasteiger partial charge < -0.3 is 0 Å². The molecule has 0 bridgehead atoms. The molecule has 1 nitrogen and oxygen atoms in total. The lowest BCUT2D eigenvalue weighted by Crippen LogP contribution is -2.07. The predicted molar refractivity (Wildman–Crippen MR) is 38.8 cm³/mol. The lowest BCUT2D eigenvalue weighted by molar-refractivity contribution is 0.779. The van der Waals surface area contributed by atoms with Gasteiger partial charge in [-0.1, -0.05) is 12.2 Å². The molecule has 0 N–H and O–H groups in total. The van der Waals surface area contributed by atoms with E-state index >= 15 is 0 Å². The fourth-order valence-corrected chi connectivity index (χ4v) is 1.65. The van der Waals surface area contributed by atoms with Gasteiger partial charge in [0.05, 0.1) is 6.54 Å². The highest BCUT2D eigenvalue weighted by molar-refractivity contribution is 5.90. The largest absolute Gasteiger partial charge is 0.289 e. The van der Waals surface area contributed by atoms with Gasteiger partial charge in [0.2, 0.25) is 0 Å². The van der Waals surface area contributed by atoms with Gasteiger partial charge in [-0.25, -0.2) is 0 Å². The van der Waals surface area contributed by atoms with Crippen LogP contribution in [0.2, 0.25) is 0 Å². The fraction of sp³-hybridized carbons (Fsp3) is 0.625. The Labute approximate surface area is 55.5 Å². The Morgan fingerprint density at radius 3 is 3.44 bits per heavy atom. The van der Waals surface area contributed by atoms with Gasteiger partial charge in [0.15, 0.2) is 0 Å². The SMILES string of the molecule is C1=CC2CCCC2=NC1. The number of aliphatic imine (C=N–C) groups is 1. The molecule has 48 valence electrons. The van der Waals surface area contributed by atoms with Crippen LogP contribution in [0.4, 0.5) is 0 Å². The Morgan fingerprint density at radius 2 is 2.56 bits per heavy atom. The van der Waals surface area contributed by atoms with Crippen molar-refractivity contribution in [2.75, 3.05) is 6.54 Å². The highest BCUT2D eigenvalue weighted by Crippen LogP contribution is 2.25. The van der Waals surface area contributed by atoms with Gasteiger partial charge in [-0.2, -0.15) is 0 Å². The zero-order chi connectivity index (χ0) is 6.10. The molecule has 0 saturated heterocycles. The zero-order valence-electron chi connectivity index (χ0n) is 5.51. The van der Waals surface area contributed by atoms with Crippen LogP contribution in [-0.2, 0) is 0 Å². The maximum absolute atomic E-state index is 4.42. The second-order valence-corrected chi connectivity index (χ2v) is 2.76. The summed E-state index contributed by atoms with van der Waals surface area (Å²) in [5.74, 6) is 0.735. The van der Waals surface area contributed by atoms with E-state index in [1.807, 2.05) is 0 Å². The van der Waals surface area contributed by atoms with Gasteiger partial charge in [-0.05, 0) is 19.3 Å². The molecule has 1 atom stereocenters. The van der Waals surface area contributed by atoms with Crippen LogP contribution in [-0.4, -0.2) is 12.3 Å². The monoisotopic (exact) mass is 121 g/mol. The molecule has 0 radical (unpaired) electrons. The molecule has 2 aliphatic rings. The van der Waals surface area contributed by atoms with E-state index in [-0.39, 0.29) is 0 Å². The van der Waals surface area contributed by atoms with Crippen LogP contribution in [0.1, 0.15) is 19.3 Å². The van der Waals surface area contributed by atoms with Crippen LogP contribution >= 0.6 is 0 Å². The van der Waals surface area contributed by atoms with Gasteiger partial charge in [0, 0.05) is 11.6 Å². The van der Waals surface area contributed by atoms with Crippen molar-refractivity contribution in [1.82, 2.24) is 0 Å². The first-order valence-electron chi connectivity index (χ1n) is 3.67. The number of dihydropyridines is 1. The lowest BCUT2D eigenvalue weighted by atomic mass is 10.0. The number of nitrogens with zero attached hydrogens (tertiary/aromatic N) is 1. The molecule has 1 heterocycles. The van der Waals surface area contributed by atoms with Gasteiger partial charge in [0.1, 0.15) is 0 Å². The van der Waals surface area contributed by atoms with E-state index < -0.39 is 0 Å². The molecule has 0 spiro atoms. The average molecular weight is 121 g/mol. The standard InChI is InChI=1S/C8H11N/c1-3-7-4-2-6-9-8(7)5-1/h2,4,7H,1,3,5-6H2. The minimum atomic E-state index is 0.735. The number of hydrogen-bond acceptors (Lipinski definition) is 1. The number of rotatable bonds is 0. The fourth-order valence-electron chi connectivity index (χ4n) is 1.65. The van der Waals surface area contributed by atoms with Crippen LogP contribution in [0.3, 0.4) is 0 Å². The molecule has 1 unspecified atom stereocenters. The Balaban J connectivity index is 2.22. The van der Waals surface area contributed by atoms with Crippen LogP contribution in [0.25, 0.3) is 0 Å². The topological polar surface area (TPSA) is 12.4 Å². The van der Waals surface area contributed by atoms with Crippen molar-refractivity contribution in [2.24, 2.45) is 10.9 Å². The van der Waals surface area contributed by atoms with Crippen molar-refractivity contribution in [1.29, 1.82) is 0 Å². The minimum absolute atomic E-state index is 0.735. The molecule has 0 amide bonds. The van der Waals surface area contributed by atoms with Crippen molar-refractivity contribution in [3.8, 4) is 0 Å². The molecular weight excluding hydrogens is 110 g/mol. The van der Waals surface area contributed by atoms with Crippen molar-refractivity contribution in [3.63, 3.8) is 0 Å². The van der Waals surface area contributed by atoms with Crippen LogP contribution in [0.15, 0.2) is 17.1 Å². The van der Waals surface area contributed by atoms with E-state index in [4.69, 9.17) is 0 Å². The smallest absolute Gasteiger partial charge is 0.0570 e. The van der Waals surface area contributed by atoms with Crippen LogP contribution in [0, 0.1) is 5.92 Å². The summed E-state index contributed by atoms with van der Waals surface area (Å²) in [6, 6.07) is 0. The first-order chi connectivity index (χ1) is 4.47. The van der Waals surface area contributed by atoms with E-state index in [1.54, 1.807) is 0 Å². The molecule has 9 heavy (non-hydrogen) atoms. The molecule has 0 aromatic rings. The highest BCUT2D eigenvalue weighted by atomic mass is 14.8. The van der Waals surface area contributed by atoms with Gasteiger partial charge >= 0.3 is 0 Å². The molecule has 0 aromatic heterocycles. The van der Waals surface area contributed by atoms with Gasteiger partial charge in [-0.15, -0.1) is 0 Å². The maximum Gasteiger partial charge on any atom is 0.0570 e. The van der Waals surface area contributed by atoms with E-state index in [9.17, 15) is 0 Å². The Morgan fingerprint density at radius 1 is 1.56 bits per heavy atom. The first kappa shape index (κ1) is 5.21. The summed E-state index contributed by atoms with van der Waals surface area (Å²) < 4.78 is 0. The van der Waals surface area contributed by atoms with E-state index in [0.29, 0.717) is 0 Å². The molecule has 1 aliphatic heterocycles. The summed E-state index contributed by atoms with van der Waals surface area (Å²) in [4.78, 5) is 4.42. The van der Waals surface area contributed by atoms with Gasteiger partial charge in [0.25, 0.3) is 0 Å². The summed E-state index contributed by atoms with van der Waals surface area (Å²) >= 11 is 0. The predicted octanol–water partition coefficient (Wildman–Crippen LogP) is 1.80. The van der Waals surface area contributed by atoms with Gasteiger partial charge in [-0.3, -0.25) is 4.99 Å². The van der Waals surface area contributed by atoms with Crippen molar-refractivity contribution >= 4 is 5.71 Å². The Hall–Kier alpha value is -0.590. The summed E-state index contributed by atoms with van der Waals surface area (Å²) in [6.45, 7) is 0.936. The van der Waals surface area contributed by atoms with Crippen LogP contribution in [0.5, 0.6) is 0 Å². The molecule has 2 rings (SSSR count). The molecule has 0 aromatic carbocycles. The lowest BCUT2D eigenvalue weighted by Gasteiger charge is -2.08. The third kappa shape index (κ3) is 0.805. The van der Waals surface area contributed by atoms with Crippen molar-refractivity contribution < 1.29 is 0 Å². The van der Waals surface area contributed by atoms with E-state index in [2.05, 4.69) is 17.1 Å².